The number of nitrogens with two attached hydrogens (primary N) is 1. The van der Waals surface area contributed by atoms with E-state index in [4.69, 9.17) is 17.3 Å². The van der Waals surface area contributed by atoms with Crippen molar-refractivity contribution in [1.29, 1.82) is 0 Å². The van der Waals surface area contributed by atoms with E-state index >= 15 is 0 Å². The first kappa shape index (κ1) is 11.6. The number of rotatable bonds is 2. The molecule has 16 heavy (non-hydrogen) atoms. The lowest BCUT2D eigenvalue weighted by molar-refractivity contribution is 0.651. The number of benzene rings is 1. The summed E-state index contributed by atoms with van der Waals surface area (Å²) in [4.78, 5) is 0. The molecule has 0 radical (unpaired) electrons. The molecule has 0 spiro atoms. The maximum absolute atomic E-state index is 6.13. The molecule has 6 heteroatoms. The molecule has 0 bridgehead atoms. The molecule has 1 aromatic heterocycles. The summed E-state index contributed by atoms with van der Waals surface area (Å²) in [7, 11) is 1.80. The van der Waals surface area contributed by atoms with Crippen molar-refractivity contribution in [2.45, 2.75) is 6.04 Å². The lowest BCUT2D eigenvalue weighted by Gasteiger charge is -2.13. The van der Waals surface area contributed by atoms with Crippen LogP contribution < -0.4 is 5.73 Å². The smallest absolute Gasteiger partial charge is 0.0797 e. The molecule has 1 unspecified atom stereocenters. The summed E-state index contributed by atoms with van der Waals surface area (Å²) in [5.74, 6) is 0. The van der Waals surface area contributed by atoms with Gasteiger partial charge in [-0.1, -0.05) is 38.8 Å². The second kappa shape index (κ2) is 4.53. The van der Waals surface area contributed by atoms with Gasteiger partial charge >= 0.3 is 0 Å². The molecule has 0 saturated heterocycles. The van der Waals surface area contributed by atoms with Gasteiger partial charge in [0.25, 0.3) is 0 Å². The van der Waals surface area contributed by atoms with Crippen LogP contribution in [0.2, 0.25) is 5.02 Å². The lowest BCUT2D eigenvalue weighted by atomic mass is 10.1. The van der Waals surface area contributed by atoms with Gasteiger partial charge in [-0.25, -0.2) is 0 Å². The van der Waals surface area contributed by atoms with Crippen molar-refractivity contribution < 1.29 is 0 Å². The van der Waals surface area contributed by atoms with Crippen LogP contribution in [0.15, 0.2) is 28.9 Å². The van der Waals surface area contributed by atoms with Gasteiger partial charge in [-0.15, -0.1) is 5.10 Å². The second-order valence-electron chi connectivity index (χ2n) is 3.43. The highest BCUT2D eigenvalue weighted by Gasteiger charge is 2.16. The summed E-state index contributed by atoms with van der Waals surface area (Å²) >= 11 is 9.49. The van der Waals surface area contributed by atoms with E-state index in [1.165, 1.54) is 0 Å². The number of hydrogen-bond donors (Lipinski definition) is 1. The summed E-state index contributed by atoms with van der Waals surface area (Å²) in [5.41, 5.74) is 7.79. The second-order valence-corrected chi connectivity index (χ2v) is 4.75. The molecule has 2 N–H and O–H groups in total. The molecule has 0 aliphatic heterocycles. The van der Waals surface area contributed by atoms with Crippen LogP contribution in [0, 0.1) is 0 Å². The van der Waals surface area contributed by atoms with Crippen molar-refractivity contribution >= 4 is 27.5 Å². The van der Waals surface area contributed by atoms with E-state index in [1.54, 1.807) is 17.9 Å². The van der Waals surface area contributed by atoms with Crippen molar-refractivity contribution in [3.05, 3.63) is 45.1 Å². The number of aromatic nitrogens is 3. The van der Waals surface area contributed by atoms with E-state index in [9.17, 15) is 0 Å². The minimum Gasteiger partial charge on any atom is -0.319 e. The Hall–Kier alpha value is -0.910. The molecular weight excluding hydrogens is 291 g/mol. The van der Waals surface area contributed by atoms with E-state index in [1.807, 2.05) is 18.2 Å². The Bertz CT molecular complexity index is 511. The highest BCUT2D eigenvalue weighted by atomic mass is 79.9. The van der Waals surface area contributed by atoms with Crippen LogP contribution in [0.4, 0.5) is 0 Å². The van der Waals surface area contributed by atoms with Crippen molar-refractivity contribution in [2.75, 3.05) is 0 Å². The highest BCUT2D eigenvalue weighted by molar-refractivity contribution is 9.10. The Kier molecular flexibility index (Phi) is 3.28. The summed E-state index contributed by atoms with van der Waals surface area (Å²) in [5, 5.41) is 8.27. The molecule has 0 aliphatic carbocycles. The lowest BCUT2D eigenvalue weighted by Crippen LogP contribution is -2.16. The minimum atomic E-state index is -0.319. The van der Waals surface area contributed by atoms with Crippen LogP contribution >= 0.6 is 27.5 Å². The zero-order chi connectivity index (χ0) is 11.7. The van der Waals surface area contributed by atoms with Crippen molar-refractivity contribution in [2.24, 2.45) is 12.8 Å². The molecular formula is C10H10BrClN4. The largest absolute Gasteiger partial charge is 0.319 e. The summed E-state index contributed by atoms with van der Waals surface area (Å²) in [6.45, 7) is 0. The van der Waals surface area contributed by atoms with Gasteiger partial charge in [0.15, 0.2) is 0 Å². The Morgan fingerprint density at radius 1 is 1.50 bits per heavy atom. The van der Waals surface area contributed by atoms with E-state index < -0.39 is 0 Å². The van der Waals surface area contributed by atoms with Crippen molar-refractivity contribution in [3.63, 3.8) is 0 Å². The maximum atomic E-state index is 6.13. The van der Waals surface area contributed by atoms with Crippen LogP contribution in [-0.2, 0) is 7.05 Å². The standard InChI is InChI=1S/C10H10BrClN4/c1-16-9(5-14-15-16)10(13)7-3-2-6(11)4-8(7)12/h2-5,10H,13H2,1H3. The van der Waals surface area contributed by atoms with Crippen LogP contribution in [-0.4, -0.2) is 15.0 Å². The Labute approximate surface area is 107 Å². The van der Waals surface area contributed by atoms with Crippen molar-refractivity contribution in [3.8, 4) is 0 Å². The van der Waals surface area contributed by atoms with Crippen LogP contribution in [0.1, 0.15) is 17.3 Å². The first-order valence-electron chi connectivity index (χ1n) is 4.64. The van der Waals surface area contributed by atoms with Gasteiger partial charge in [0, 0.05) is 16.5 Å². The monoisotopic (exact) mass is 300 g/mol. The van der Waals surface area contributed by atoms with Gasteiger partial charge in [0.05, 0.1) is 17.9 Å². The van der Waals surface area contributed by atoms with Gasteiger partial charge in [-0.3, -0.25) is 4.68 Å². The van der Waals surface area contributed by atoms with Gasteiger partial charge in [0.1, 0.15) is 0 Å². The van der Waals surface area contributed by atoms with E-state index in [-0.39, 0.29) is 6.04 Å². The fourth-order valence-corrected chi connectivity index (χ4v) is 2.28. The fourth-order valence-electron chi connectivity index (χ4n) is 1.49. The summed E-state index contributed by atoms with van der Waals surface area (Å²) in [6.07, 6.45) is 1.64. The quantitative estimate of drug-likeness (QED) is 0.926. The molecule has 2 aromatic rings. The first-order chi connectivity index (χ1) is 7.59. The highest BCUT2D eigenvalue weighted by Crippen LogP contribution is 2.28. The SMILES string of the molecule is Cn1nncc1C(N)c1ccc(Br)cc1Cl. The third kappa shape index (κ3) is 2.11. The molecule has 1 atom stereocenters. The molecule has 2 rings (SSSR count). The normalized spacial score (nSPS) is 12.8. The first-order valence-corrected chi connectivity index (χ1v) is 5.82. The van der Waals surface area contributed by atoms with Crippen molar-refractivity contribution in [1.82, 2.24) is 15.0 Å². The molecule has 1 aromatic carbocycles. The molecule has 0 saturated carbocycles. The van der Waals surface area contributed by atoms with Crippen LogP contribution in [0.3, 0.4) is 0 Å². The summed E-state index contributed by atoms with van der Waals surface area (Å²) in [6, 6.07) is 5.30. The van der Waals surface area contributed by atoms with Gasteiger partial charge in [-0.05, 0) is 17.7 Å². The van der Waals surface area contributed by atoms with Gasteiger partial charge < -0.3 is 5.73 Å². The van der Waals surface area contributed by atoms with E-state index in [0.29, 0.717) is 5.02 Å². The predicted octanol–water partition coefficient (Wildman–Crippen LogP) is 2.28. The number of halogens is 2. The predicted molar refractivity (Wildman–Crippen MR) is 66.2 cm³/mol. The molecule has 84 valence electrons. The van der Waals surface area contributed by atoms with Crippen LogP contribution in [0.5, 0.6) is 0 Å². The van der Waals surface area contributed by atoms with Gasteiger partial charge in [0.2, 0.25) is 0 Å². The molecule has 1 heterocycles. The Morgan fingerprint density at radius 3 is 2.81 bits per heavy atom. The number of nitrogens with zero attached hydrogens (tertiary/aromatic N) is 3. The molecule has 0 amide bonds. The summed E-state index contributed by atoms with van der Waals surface area (Å²) < 4.78 is 2.57. The van der Waals surface area contributed by atoms with E-state index in [0.717, 1.165) is 15.7 Å². The molecule has 0 fully saturated rings. The number of hydrogen-bond acceptors (Lipinski definition) is 3. The third-order valence-corrected chi connectivity index (χ3v) is 3.19. The maximum Gasteiger partial charge on any atom is 0.0797 e. The fraction of sp³-hybridized carbons (Fsp3) is 0.200. The molecule has 0 aliphatic rings. The average molecular weight is 302 g/mol. The zero-order valence-electron chi connectivity index (χ0n) is 8.56. The minimum absolute atomic E-state index is 0.319. The zero-order valence-corrected chi connectivity index (χ0v) is 10.9. The van der Waals surface area contributed by atoms with E-state index in [2.05, 4.69) is 26.2 Å². The van der Waals surface area contributed by atoms with Gasteiger partial charge in [-0.2, -0.15) is 0 Å². The Balaban J connectivity index is 2.41. The number of aryl methyl sites for hydroxylation is 1. The third-order valence-electron chi connectivity index (χ3n) is 2.37. The molecule has 4 nitrogen and oxygen atoms in total. The topological polar surface area (TPSA) is 56.7 Å². The van der Waals surface area contributed by atoms with Crippen LogP contribution in [0.25, 0.3) is 0 Å². The Morgan fingerprint density at radius 2 is 2.25 bits per heavy atom. The average Bonchev–Trinajstić information content (AvgIpc) is 2.63.